The van der Waals surface area contributed by atoms with Crippen LogP contribution in [0.25, 0.3) is 11.4 Å². The Bertz CT molecular complexity index is 730. The number of aryl methyl sites for hydroxylation is 1. The summed E-state index contributed by atoms with van der Waals surface area (Å²) in [6, 6.07) is 3.70. The van der Waals surface area contributed by atoms with Gasteiger partial charge in [0.1, 0.15) is 5.03 Å². The average molecular weight is 376 g/mol. The summed E-state index contributed by atoms with van der Waals surface area (Å²) in [5.74, 6) is 1.31. The van der Waals surface area contributed by atoms with Crippen molar-refractivity contribution in [3.8, 4) is 11.4 Å². The maximum atomic E-state index is 12.1. The molecule has 1 saturated heterocycles. The minimum Gasteiger partial charge on any atom is -0.354 e. The maximum Gasteiger partial charge on any atom is 0.230 e. The van der Waals surface area contributed by atoms with Gasteiger partial charge in [-0.25, -0.2) is 4.98 Å². The lowest BCUT2D eigenvalue weighted by Gasteiger charge is -2.32. The molecule has 1 aliphatic heterocycles. The molecule has 140 valence electrons. The largest absolute Gasteiger partial charge is 0.354 e. The van der Waals surface area contributed by atoms with Crippen LogP contribution in [0.3, 0.4) is 0 Å². The molecule has 1 amide bonds. The Balaban J connectivity index is 1.45. The standard InChI is InChI=1S/C17H24N6O2S/c1-13-20-16(21-25-13)14-4-3-5-19-17(14)26-12-15(24)18-6-7-23-10-8-22(2)9-11-23/h3-5H,6-12H2,1-2H3,(H,18,24). The third kappa shape index (κ3) is 5.26. The molecule has 0 aromatic carbocycles. The molecule has 0 spiro atoms. The predicted octanol–water partition coefficient (Wildman–Crippen LogP) is 0.896. The Morgan fingerprint density at radius 1 is 1.35 bits per heavy atom. The van der Waals surface area contributed by atoms with Crippen molar-refractivity contribution < 1.29 is 9.32 Å². The summed E-state index contributed by atoms with van der Waals surface area (Å²) < 4.78 is 5.03. The van der Waals surface area contributed by atoms with Crippen molar-refractivity contribution in [2.45, 2.75) is 11.9 Å². The normalized spacial score (nSPS) is 15.9. The Morgan fingerprint density at radius 3 is 2.88 bits per heavy atom. The van der Waals surface area contributed by atoms with E-state index in [9.17, 15) is 4.79 Å². The fraction of sp³-hybridized carbons (Fsp3) is 0.529. The van der Waals surface area contributed by atoms with Gasteiger partial charge in [-0.1, -0.05) is 16.9 Å². The number of hydrogen-bond acceptors (Lipinski definition) is 8. The Hall–Kier alpha value is -1.97. The van der Waals surface area contributed by atoms with Crippen LogP contribution in [0.15, 0.2) is 27.9 Å². The van der Waals surface area contributed by atoms with E-state index in [0.29, 0.717) is 24.0 Å². The maximum absolute atomic E-state index is 12.1. The molecule has 0 bridgehead atoms. The van der Waals surface area contributed by atoms with E-state index in [-0.39, 0.29) is 5.91 Å². The van der Waals surface area contributed by atoms with E-state index >= 15 is 0 Å². The Morgan fingerprint density at radius 2 is 2.15 bits per heavy atom. The molecule has 2 aromatic heterocycles. The molecule has 9 heteroatoms. The van der Waals surface area contributed by atoms with Gasteiger partial charge >= 0.3 is 0 Å². The molecular weight excluding hydrogens is 352 g/mol. The van der Waals surface area contributed by atoms with E-state index < -0.39 is 0 Å². The lowest BCUT2D eigenvalue weighted by molar-refractivity contribution is -0.118. The van der Waals surface area contributed by atoms with E-state index in [1.54, 1.807) is 13.1 Å². The van der Waals surface area contributed by atoms with E-state index in [1.165, 1.54) is 11.8 Å². The number of piperazine rings is 1. The van der Waals surface area contributed by atoms with Crippen LogP contribution in [0, 0.1) is 6.92 Å². The number of carbonyl (C=O) groups is 1. The number of carbonyl (C=O) groups excluding carboxylic acids is 1. The van der Waals surface area contributed by atoms with Crippen LogP contribution >= 0.6 is 11.8 Å². The average Bonchev–Trinajstić information content (AvgIpc) is 3.08. The zero-order valence-electron chi connectivity index (χ0n) is 15.1. The van der Waals surface area contributed by atoms with Crippen LogP contribution in [0.5, 0.6) is 0 Å². The van der Waals surface area contributed by atoms with Gasteiger partial charge in [-0.2, -0.15) is 4.98 Å². The molecule has 1 N–H and O–H groups in total. The van der Waals surface area contributed by atoms with Crippen LogP contribution in [0.1, 0.15) is 5.89 Å². The summed E-state index contributed by atoms with van der Waals surface area (Å²) in [7, 11) is 2.14. The fourth-order valence-corrected chi connectivity index (χ4v) is 3.51. The number of amides is 1. The molecule has 3 heterocycles. The first-order valence-corrected chi connectivity index (χ1v) is 9.66. The van der Waals surface area contributed by atoms with Gasteiger partial charge in [-0.15, -0.1) is 0 Å². The second-order valence-corrected chi connectivity index (χ2v) is 7.24. The van der Waals surface area contributed by atoms with E-state index in [1.807, 2.05) is 12.1 Å². The molecule has 1 aliphatic rings. The van der Waals surface area contributed by atoms with E-state index in [2.05, 4.69) is 37.3 Å². The van der Waals surface area contributed by atoms with Gasteiger partial charge in [-0.3, -0.25) is 9.69 Å². The molecular formula is C17H24N6O2S. The van der Waals surface area contributed by atoms with Gasteiger partial charge in [0, 0.05) is 52.4 Å². The summed E-state index contributed by atoms with van der Waals surface area (Å²) in [5, 5.41) is 7.64. The highest BCUT2D eigenvalue weighted by Gasteiger charge is 2.15. The number of aromatic nitrogens is 3. The van der Waals surface area contributed by atoms with Crippen molar-refractivity contribution >= 4 is 17.7 Å². The number of pyridine rings is 1. The highest BCUT2D eigenvalue weighted by atomic mass is 32.2. The van der Waals surface area contributed by atoms with Crippen molar-refractivity contribution in [3.05, 3.63) is 24.2 Å². The van der Waals surface area contributed by atoms with Crippen LogP contribution in [0.4, 0.5) is 0 Å². The SMILES string of the molecule is Cc1nc(-c2cccnc2SCC(=O)NCCN2CCN(C)CC2)no1. The number of thioether (sulfide) groups is 1. The third-order valence-electron chi connectivity index (χ3n) is 4.23. The highest BCUT2D eigenvalue weighted by Crippen LogP contribution is 2.27. The predicted molar refractivity (Wildman–Crippen MR) is 99.9 cm³/mol. The first-order valence-electron chi connectivity index (χ1n) is 8.68. The molecule has 26 heavy (non-hydrogen) atoms. The molecule has 0 atom stereocenters. The minimum absolute atomic E-state index is 0.00465. The summed E-state index contributed by atoms with van der Waals surface area (Å²) in [4.78, 5) is 25.4. The number of rotatable bonds is 7. The van der Waals surface area contributed by atoms with Gasteiger partial charge in [0.2, 0.25) is 17.6 Å². The number of hydrogen-bond donors (Lipinski definition) is 1. The number of nitrogens with one attached hydrogen (secondary N) is 1. The molecule has 1 fully saturated rings. The third-order valence-corrected chi connectivity index (χ3v) is 5.23. The van der Waals surface area contributed by atoms with Crippen molar-refractivity contribution in [1.82, 2.24) is 30.2 Å². The van der Waals surface area contributed by atoms with Crippen molar-refractivity contribution in [2.24, 2.45) is 0 Å². The van der Waals surface area contributed by atoms with Crippen LogP contribution < -0.4 is 5.32 Å². The Labute approximate surface area is 157 Å². The van der Waals surface area contributed by atoms with Gasteiger partial charge in [0.05, 0.1) is 11.3 Å². The first-order chi connectivity index (χ1) is 12.6. The van der Waals surface area contributed by atoms with Gasteiger partial charge in [0.15, 0.2) is 0 Å². The molecule has 0 saturated carbocycles. The topological polar surface area (TPSA) is 87.4 Å². The highest BCUT2D eigenvalue weighted by molar-refractivity contribution is 8.00. The summed E-state index contributed by atoms with van der Waals surface area (Å²) in [5.41, 5.74) is 0.777. The van der Waals surface area contributed by atoms with Gasteiger partial charge < -0.3 is 14.7 Å². The zero-order chi connectivity index (χ0) is 18.4. The zero-order valence-corrected chi connectivity index (χ0v) is 16.0. The Kier molecular flexibility index (Phi) is 6.59. The van der Waals surface area contributed by atoms with Crippen molar-refractivity contribution in [2.75, 3.05) is 52.1 Å². The van der Waals surface area contributed by atoms with Crippen molar-refractivity contribution in [3.63, 3.8) is 0 Å². The second kappa shape index (κ2) is 9.11. The molecule has 0 unspecified atom stereocenters. The first kappa shape index (κ1) is 18.8. The van der Waals surface area contributed by atoms with Crippen LogP contribution in [0.2, 0.25) is 0 Å². The summed E-state index contributed by atoms with van der Waals surface area (Å²) >= 11 is 1.38. The van der Waals surface area contributed by atoms with Gasteiger partial charge in [-0.05, 0) is 19.2 Å². The van der Waals surface area contributed by atoms with Gasteiger partial charge in [0.25, 0.3) is 0 Å². The van der Waals surface area contributed by atoms with E-state index in [0.717, 1.165) is 43.3 Å². The smallest absolute Gasteiger partial charge is 0.230 e. The monoisotopic (exact) mass is 376 g/mol. The lowest BCUT2D eigenvalue weighted by Crippen LogP contribution is -2.47. The molecule has 0 aliphatic carbocycles. The molecule has 0 radical (unpaired) electrons. The quantitative estimate of drug-likeness (QED) is 0.713. The number of nitrogens with zero attached hydrogens (tertiary/aromatic N) is 5. The van der Waals surface area contributed by atoms with Crippen molar-refractivity contribution in [1.29, 1.82) is 0 Å². The summed E-state index contributed by atoms with van der Waals surface area (Å²) in [6.45, 7) is 7.59. The minimum atomic E-state index is 0.00465. The molecule has 2 aromatic rings. The van der Waals surface area contributed by atoms with E-state index in [4.69, 9.17) is 4.52 Å². The fourth-order valence-electron chi connectivity index (χ4n) is 2.69. The molecule has 3 rings (SSSR count). The second-order valence-electron chi connectivity index (χ2n) is 6.28. The number of likely N-dealkylation sites (N-methyl/N-ethyl adjacent to an activating group) is 1. The van der Waals surface area contributed by atoms with Crippen LogP contribution in [-0.2, 0) is 4.79 Å². The summed E-state index contributed by atoms with van der Waals surface area (Å²) in [6.07, 6.45) is 1.70. The molecule has 8 nitrogen and oxygen atoms in total. The lowest BCUT2D eigenvalue weighted by atomic mass is 10.3. The van der Waals surface area contributed by atoms with Crippen LogP contribution in [-0.4, -0.2) is 82.9 Å².